The zero-order valence-corrected chi connectivity index (χ0v) is 15.8. The van der Waals surface area contributed by atoms with E-state index < -0.39 is 0 Å². The van der Waals surface area contributed by atoms with E-state index in [4.69, 9.17) is 11.6 Å². The lowest BCUT2D eigenvalue weighted by Crippen LogP contribution is -2.29. The summed E-state index contributed by atoms with van der Waals surface area (Å²) < 4.78 is 3.14. The molecule has 2 heterocycles. The molecule has 0 aliphatic heterocycles. The zero-order chi connectivity index (χ0) is 13.9. The maximum absolute atomic E-state index is 6.19. The Morgan fingerprint density at radius 2 is 1.86 bits per heavy atom. The van der Waals surface area contributed by atoms with Crippen LogP contribution in [0.1, 0.15) is 0 Å². The van der Waals surface area contributed by atoms with Gasteiger partial charge in [0.25, 0.3) is 0 Å². The second-order valence-electron chi connectivity index (χ2n) is 4.96. The largest absolute Gasteiger partial charge is 0.349 e. The number of hydrogen-bond acceptors (Lipinski definition) is 0. The van der Waals surface area contributed by atoms with Gasteiger partial charge in [-0.3, -0.25) is 0 Å². The van der Waals surface area contributed by atoms with Crippen molar-refractivity contribution >= 4 is 84.3 Å². The van der Waals surface area contributed by atoms with Gasteiger partial charge in [-0.1, -0.05) is 23.7 Å². The number of para-hydroxylation sites is 1. The Kier molecular flexibility index (Phi) is 3.88. The van der Waals surface area contributed by atoms with Crippen molar-refractivity contribution in [2.45, 2.75) is 0 Å². The summed E-state index contributed by atoms with van der Waals surface area (Å²) in [6.07, 6.45) is 0. The average Bonchev–Trinajstić information content (AvgIpc) is 2.77. The summed E-state index contributed by atoms with van der Waals surface area (Å²) in [5.41, 5.74) is 4.58. The Balaban J connectivity index is 0.00000132. The maximum atomic E-state index is 6.19. The Labute approximate surface area is 152 Å². The molecule has 21 heavy (non-hydrogen) atoms. The molecule has 0 spiro atoms. The topological polar surface area (TPSA) is 19.7 Å². The van der Waals surface area contributed by atoms with Crippen LogP contribution >= 0.6 is 51.5 Å². The number of aromatic nitrogens is 2. The Morgan fingerprint density at radius 1 is 1.10 bits per heavy atom. The van der Waals surface area contributed by atoms with Gasteiger partial charge in [0.05, 0.1) is 15.9 Å². The number of aromatic amines is 1. The van der Waals surface area contributed by atoms with Crippen LogP contribution in [0.3, 0.4) is 0 Å². The molecule has 2 aromatic carbocycles. The molecule has 2 nitrogen and oxygen atoms in total. The summed E-state index contributed by atoms with van der Waals surface area (Å²) in [6.45, 7) is 0. The normalized spacial score (nSPS) is 11.2. The van der Waals surface area contributed by atoms with Crippen molar-refractivity contribution in [3.8, 4) is 0 Å². The minimum atomic E-state index is 0. The molecule has 0 aliphatic carbocycles. The predicted molar refractivity (Wildman–Crippen MR) is 103 cm³/mol. The second kappa shape index (κ2) is 5.41. The summed E-state index contributed by atoms with van der Waals surface area (Å²) in [5.74, 6) is 0. The minimum Gasteiger partial charge on any atom is -0.349 e. The van der Waals surface area contributed by atoms with E-state index in [1.165, 1.54) is 21.8 Å². The highest BCUT2D eigenvalue weighted by molar-refractivity contribution is 14.0. The standard InChI is InChI=1S/C16H10BrClN2.HI/c1-20-15-5-3-2-4-9(15)6-14-16(20)10-7-11(17)12(18)8-13(10)19-14;/h2-8H,1H3;1H/p+1. The van der Waals surface area contributed by atoms with E-state index in [1.54, 1.807) is 0 Å². The van der Waals surface area contributed by atoms with Crippen molar-refractivity contribution in [1.82, 2.24) is 4.98 Å². The van der Waals surface area contributed by atoms with Crippen LogP contribution in [0.4, 0.5) is 0 Å². The fourth-order valence-electron chi connectivity index (χ4n) is 2.85. The molecule has 0 fully saturated rings. The van der Waals surface area contributed by atoms with Gasteiger partial charge >= 0.3 is 0 Å². The van der Waals surface area contributed by atoms with Gasteiger partial charge in [0, 0.05) is 15.9 Å². The number of nitrogens with one attached hydrogen (secondary N) is 1. The molecule has 0 bridgehead atoms. The van der Waals surface area contributed by atoms with Crippen LogP contribution < -0.4 is 4.57 Å². The molecule has 2 aromatic heterocycles. The number of halogens is 3. The highest BCUT2D eigenvalue weighted by Gasteiger charge is 2.17. The summed E-state index contributed by atoms with van der Waals surface area (Å²) in [7, 11) is 2.10. The summed E-state index contributed by atoms with van der Waals surface area (Å²) in [4.78, 5) is 3.45. The van der Waals surface area contributed by atoms with Crippen LogP contribution in [0, 0.1) is 0 Å². The van der Waals surface area contributed by atoms with Crippen molar-refractivity contribution in [3.63, 3.8) is 0 Å². The Bertz CT molecular complexity index is 994. The van der Waals surface area contributed by atoms with E-state index in [1.807, 2.05) is 6.07 Å². The molecule has 0 saturated heterocycles. The van der Waals surface area contributed by atoms with Crippen molar-refractivity contribution in [1.29, 1.82) is 0 Å². The van der Waals surface area contributed by atoms with Gasteiger partial charge < -0.3 is 4.98 Å². The quantitative estimate of drug-likeness (QED) is 0.263. The number of fused-ring (bicyclic) bond motifs is 4. The van der Waals surface area contributed by atoms with Crippen LogP contribution in [0.15, 0.2) is 46.9 Å². The fourth-order valence-corrected chi connectivity index (χ4v) is 3.36. The Hall–Kier alpha value is -0.850. The number of nitrogens with zero attached hydrogens (tertiary/aromatic N) is 1. The van der Waals surface area contributed by atoms with Gasteiger partial charge in [0.15, 0.2) is 0 Å². The number of benzene rings is 2. The highest BCUT2D eigenvalue weighted by Crippen LogP contribution is 2.32. The molecule has 1 N–H and O–H groups in total. The SMILES string of the molecule is C[n+]1c2ccccc2cc2[nH]c3cc(Cl)c(Br)cc3c21.I. The summed E-state index contributed by atoms with van der Waals surface area (Å²) in [5, 5.41) is 3.11. The predicted octanol–water partition coefficient (Wildman–Crippen LogP) is 5.33. The lowest BCUT2D eigenvalue weighted by Gasteiger charge is -1.99. The number of rotatable bonds is 0. The first-order chi connectivity index (χ1) is 9.65. The smallest absolute Gasteiger partial charge is 0.238 e. The third kappa shape index (κ3) is 2.24. The zero-order valence-electron chi connectivity index (χ0n) is 11.2. The molecule has 0 radical (unpaired) electrons. The molecular weight excluding hydrogens is 462 g/mol. The van der Waals surface area contributed by atoms with Crippen molar-refractivity contribution in [2.75, 3.05) is 0 Å². The van der Waals surface area contributed by atoms with Gasteiger partial charge in [-0.15, -0.1) is 24.0 Å². The van der Waals surface area contributed by atoms with Crippen molar-refractivity contribution in [3.05, 3.63) is 52.0 Å². The first-order valence-corrected chi connectivity index (χ1v) is 7.50. The molecule has 106 valence electrons. The van der Waals surface area contributed by atoms with E-state index in [0.717, 1.165) is 20.5 Å². The van der Waals surface area contributed by atoms with Crippen LogP contribution in [0.25, 0.3) is 32.8 Å². The molecule has 4 rings (SSSR count). The molecule has 0 amide bonds. The first-order valence-electron chi connectivity index (χ1n) is 6.33. The lowest BCUT2D eigenvalue weighted by atomic mass is 10.1. The average molecular weight is 475 g/mol. The van der Waals surface area contributed by atoms with Crippen LogP contribution in [0.5, 0.6) is 0 Å². The van der Waals surface area contributed by atoms with E-state index in [9.17, 15) is 0 Å². The maximum Gasteiger partial charge on any atom is 0.238 e. The fraction of sp³-hybridized carbons (Fsp3) is 0.0625. The monoisotopic (exact) mass is 473 g/mol. The van der Waals surface area contributed by atoms with Crippen LogP contribution in [-0.2, 0) is 7.05 Å². The van der Waals surface area contributed by atoms with Crippen LogP contribution in [0.2, 0.25) is 5.02 Å². The number of pyridine rings is 1. The Morgan fingerprint density at radius 3 is 2.67 bits per heavy atom. The molecule has 0 aliphatic rings. The first kappa shape index (κ1) is 15.1. The minimum absolute atomic E-state index is 0. The number of H-pyrrole nitrogens is 1. The van der Waals surface area contributed by atoms with E-state index in [2.05, 4.69) is 68.9 Å². The molecule has 4 aromatic rings. The van der Waals surface area contributed by atoms with Gasteiger partial charge in [-0.2, -0.15) is 4.57 Å². The van der Waals surface area contributed by atoms with Crippen LogP contribution in [-0.4, -0.2) is 4.98 Å². The van der Waals surface area contributed by atoms with Crippen molar-refractivity contribution in [2.24, 2.45) is 7.05 Å². The number of aryl methyl sites for hydroxylation is 1. The van der Waals surface area contributed by atoms with E-state index >= 15 is 0 Å². The molecule has 0 atom stereocenters. The van der Waals surface area contributed by atoms with Gasteiger partial charge in [-0.25, -0.2) is 0 Å². The third-order valence-corrected chi connectivity index (χ3v) is 4.97. The van der Waals surface area contributed by atoms with E-state index in [0.29, 0.717) is 0 Å². The highest BCUT2D eigenvalue weighted by atomic mass is 127. The summed E-state index contributed by atoms with van der Waals surface area (Å²) in [6, 6.07) is 14.6. The second-order valence-corrected chi connectivity index (χ2v) is 6.22. The van der Waals surface area contributed by atoms with Crippen molar-refractivity contribution < 1.29 is 4.57 Å². The summed E-state index contributed by atoms with van der Waals surface area (Å²) >= 11 is 9.69. The van der Waals surface area contributed by atoms with Gasteiger partial charge in [-0.05, 0) is 40.2 Å². The molecule has 5 heteroatoms. The molecule has 0 unspecified atom stereocenters. The molecular formula is C16H12BrClIN2+. The molecule has 0 saturated carbocycles. The van der Waals surface area contributed by atoms with Gasteiger partial charge in [0.1, 0.15) is 12.6 Å². The van der Waals surface area contributed by atoms with Gasteiger partial charge in [0.2, 0.25) is 11.0 Å². The number of hydrogen-bond donors (Lipinski definition) is 1. The third-order valence-electron chi connectivity index (χ3n) is 3.77. The lowest BCUT2D eigenvalue weighted by molar-refractivity contribution is -0.616. The van der Waals surface area contributed by atoms with E-state index in [-0.39, 0.29) is 24.0 Å².